The van der Waals surface area contributed by atoms with Crippen molar-refractivity contribution in [3.05, 3.63) is 42.1 Å². The first kappa shape index (κ1) is 13.0. The summed E-state index contributed by atoms with van der Waals surface area (Å²) in [6.07, 6.45) is 2.12. The molecule has 0 bridgehead atoms. The van der Waals surface area contributed by atoms with Crippen LogP contribution in [-0.4, -0.2) is 4.98 Å². The number of fused-ring (bicyclic) bond motifs is 1. The molecule has 0 aliphatic heterocycles. The molecule has 0 radical (unpaired) electrons. The molecule has 2 aromatic rings. The van der Waals surface area contributed by atoms with Gasteiger partial charge in [0.15, 0.2) is 0 Å². The number of para-hydroxylation sites is 1. The number of aromatic nitrogens is 1. The highest BCUT2D eigenvalue weighted by Gasteiger charge is 2.24. The Kier molecular flexibility index (Phi) is 3.67. The lowest BCUT2D eigenvalue weighted by Gasteiger charge is -2.27. The largest absolute Gasteiger partial charge is 0.320 e. The molecule has 0 amide bonds. The van der Waals surface area contributed by atoms with Gasteiger partial charge in [0.2, 0.25) is 0 Å². The fourth-order valence-electron chi connectivity index (χ4n) is 2.36. The Morgan fingerprint density at radius 2 is 1.94 bits per heavy atom. The van der Waals surface area contributed by atoms with Gasteiger partial charge in [0.1, 0.15) is 0 Å². The molecular weight excluding hydrogens is 220 g/mol. The standard InChI is InChI=1S/C16H22N2/c1-4-12(2)11-16(3,17)15-10-9-13-7-5-6-8-14(13)18-15/h5-10,12H,4,11,17H2,1-3H3. The maximum absolute atomic E-state index is 6.44. The minimum absolute atomic E-state index is 0.348. The van der Waals surface area contributed by atoms with Gasteiger partial charge in [-0.05, 0) is 31.4 Å². The maximum Gasteiger partial charge on any atom is 0.0706 e. The molecule has 0 saturated carbocycles. The lowest BCUT2D eigenvalue weighted by atomic mass is 9.86. The number of benzene rings is 1. The van der Waals surface area contributed by atoms with Crippen molar-refractivity contribution in [2.75, 3.05) is 0 Å². The summed E-state index contributed by atoms with van der Waals surface area (Å²) < 4.78 is 0. The summed E-state index contributed by atoms with van der Waals surface area (Å²) in [7, 11) is 0. The highest BCUT2D eigenvalue weighted by atomic mass is 14.8. The van der Waals surface area contributed by atoms with E-state index in [-0.39, 0.29) is 5.54 Å². The SMILES string of the molecule is CCC(C)CC(C)(N)c1ccc2ccccc2n1. The summed E-state index contributed by atoms with van der Waals surface area (Å²) in [5, 5.41) is 1.17. The van der Waals surface area contributed by atoms with Crippen molar-refractivity contribution in [1.82, 2.24) is 4.98 Å². The Hall–Kier alpha value is -1.41. The highest BCUT2D eigenvalue weighted by molar-refractivity contribution is 5.78. The third-order valence-corrected chi connectivity index (χ3v) is 3.65. The van der Waals surface area contributed by atoms with Crippen LogP contribution in [0, 0.1) is 5.92 Å². The molecule has 0 aliphatic carbocycles. The van der Waals surface area contributed by atoms with Crippen molar-refractivity contribution in [3.8, 4) is 0 Å². The van der Waals surface area contributed by atoms with Crippen LogP contribution >= 0.6 is 0 Å². The number of pyridine rings is 1. The minimum atomic E-state index is -0.348. The molecule has 1 aromatic heterocycles. The van der Waals surface area contributed by atoms with Crippen LogP contribution in [0.1, 0.15) is 39.3 Å². The van der Waals surface area contributed by atoms with Gasteiger partial charge >= 0.3 is 0 Å². The molecule has 96 valence electrons. The molecule has 0 fully saturated rings. The smallest absolute Gasteiger partial charge is 0.0706 e. The molecule has 1 heterocycles. The molecule has 1 aromatic carbocycles. The van der Waals surface area contributed by atoms with Crippen LogP contribution in [-0.2, 0) is 5.54 Å². The maximum atomic E-state index is 6.44. The zero-order chi connectivity index (χ0) is 13.2. The second kappa shape index (κ2) is 5.07. The fraction of sp³-hybridized carbons (Fsp3) is 0.438. The lowest BCUT2D eigenvalue weighted by molar-refractivity contribution is 0.349. The normalized spacial score (nSPS) is 16.4. The van der Waals surface area contributed by atoms with Gasteiger partial charge in [-0.3, -0.25) is 4.98 Å². The Morgan fingerprint density at radius 1 is 1.22 bits per heavy atom. The fourth-order valence-corrected chi connectivity index (χ4v) is 2.36. The molecule has 2 atom stereocenters. The summed E-state index contributed by atoms with van der Waals surface area (Å²) in [6, 6.07) is 12.3. The van der Waals surface area contributed by atoms with Crippen LogP contribution in [0.25, 0.3) is 10.9 Å². The second-order valence-electron chi connectivity index (χ2n) is 5.52. The second-order valence-corrected chi connectivity index (χ2v) is 5.52. The van der Waals surface area contributed by atoms with Gasteiger partial charge in [-0.1, -0.05) is 44.5 Å². The monoisotopic (exact) mass is 242 g/mol. The van der Waals surface area contributed by atoms with Crippen molar-refractivity contribution < 1.29 is 0 Å². The molecule has 0 saturated heterocycles. The Labute approximate surface area is 109 Å². The molecule has 18 heavy (non-hydrogen) atoms. The number of rotatable bonds is 4. The zero-order valence-corrected chi connectivity index (χ0v) is 11.5. The van der Waals surface area contributed by atoms with Gasteiger partial charge < -0.3 is 5.73 Å². The third-order valence-electron chi connectivity index (χ3n) is 3.65. The summed E-state index contributed by atoms with van der Waals surface area (Å²) in [5.74, 6) is 0.619. The van der Waals surface area contributed by atoms with Gasteiger partial charge in [-0.2, -0.15) is 0 Å². The van der Waals surface area contributed by atoms with Crippen molar-refractivity contribution in [2.24, 2.45) is 11.7 Å². The molecule has 2 nitrogen and oxygen atoms in total. The van der Waals surface area contributed by atoms with E-state index >= 15 is 0 Å². The predicted molar refractivity (Wildman–Crippen MR) is 77.4 cm³/mol. The third kappa shape index (κ3) is 2.70. The lowest BCUT2D eigenvalue weighted by Crippen LogP contribution is -2.35. The molecule has 0 aliphatic rings. The van der Waals surface area contributed by atoms with E-state index in [0.29, 0.717) is 5.92 Å². The summed E-state index contributed by atoms with van der Waals surface area (Å²) in [6.45, 7) is 6.52. The first-order valence-corrected chi connectivity index (χ1v) is 6.68. The van der Waals surface area contributed by atoms with Crippen molar-refractivity contribution in [2.45, 2.75) is 39.2 Å². The minimum Gasteiger partial charge on any atom is -0.320 e. The average Bonchev–Trinajstić information content (AvgIpc) is 2.37. The van der Waals surface area contributed by atoms with Crippen LogP contribution in [0.5, 0.6) is 0 Å². The number of hydrogen-bond donors (Lipinski definition) is 1. The van der Waals surface area contributed by atoms with Crippen LogP contribution < -0.4 is 5.73 Å². The van der Waals surface area contributed by atoms with Crippen LogP contribution in [0.2, 0.25) is 0 Å². The topological polar surface area (TPSA) is 38.9 Å². The Morgan fingerprint density at radius 3 is 2.67 bits per heavy atom. The van der Waals surface area contributed by atoms with Gasteiger partial charge in [-0.25, -0.2) is 0 Å². The number of hydrogen-bond acceptors (Lipinski definition) is 2. The molecule has 2 N–H and O–H groups in total. The van der Waals surface area contributed by atoms with Gasteiger partial charge in [0, 0.05) is 5.39 Å². The highest BCUT2D eigenvalue weighted by Crippen LogP contribution is 2.27. The van der Waals surface area contributed by atoms with Crippen molar-refractivity contribution >= 4 is 10.9 Å². The van der Waals surface area contributed by atoms with Gasteiger partial charge in [-0.15, -0.1) is 0 Å². The van der Waals surface area contributed by atoms with E-state index in [1.165, 1.54) is 5.39 Å². The van der Waals surface area contributed by atoms with E-state index in [4.69, 9.17) is 10.7 Å². The van der Waals surface area contributed by atoms with Gasteiger partial charge in [0.25, 0.3) is 0 Å². The first-order valence-electron chi connectivity index (χ1n) is 6.68. The Balaban J connectivity index is 2.35. The van der Waals surface area contributed by atoms with E-state index in [9.17, 15) is 0 Å². The van der Waals surface area contributed by atoms with Crippen molar-refractivity contribution in [1.29, 1.82) is 0 Å². The number of nitrogens with two attached hydrogens (primary N) is 1. The molecular formula is C16H22N2. The van der Waals surface area contributed by atoms with E-state index in [2.05, 4.69) is 39.0 Å². The quantitative estimate of drug-likeness (QED) is 0.884. The van der Waals surface area contributed by atoms with Crippen LogP contribution in [0.4, 0.5) is 0 Å². The van der Waals surface area contributed by atoms with Crippen LogP contribution in [0.3, 0.4) is 0 Å². The first-order chi connectivity index (χ1) is 8.53. The molecule has 0 spiro atoms. The van der Waals surface area contributed by atoms with E-state index < -0.39 is 0 Å². The van der Waals surface area contributed by atoms with E-state index in [0.717, 1.165) is 24.1 Å². The summed E-state index contributed by atoms with van der Waals surface area (Å²) in [4.78, 5) is 4.71. The van der Waals surface area contributed by atoms with Gasteiger partial charge in [0.05, 0.1) is 16.7 Å². The number of nitrogens with zero attached hydrogens (tertiary/aromatic N) is 1. The van der Waals surface area contributed by atoms with Crippen LogP contribution in [0.15, 0.2) is 36.4 Å². The average molecular weight is 242 g/mol. The zero-order valence-electron chi connectivity index (χ0n) is 11.5. The van der Waals surface area contributed by atoms with E-state index in [1.807, 2.05) is 18.2 Å². The molecule has 2 unspecified atom stereocenters. The Bertz CT molecular complexity index is 531. The molecule has 2 heteroatoms. The summed E-state index contributed by atoms with van der Waals surface area (Å²) >= 11 is 0. The van der Waals surface area contributed by atoms with E-state index in [1.54, 1.807) is 0 Å². The predicted octanol–water partition coefficient (Wildman–Crippen LogP) is 3.84. The summed E-state index contributed by atoms with van der Waals surface area (Å²) in [5.41, 5.74) is 8.11. The van der Waals surface area contributed by atoms with Crippen molar-refractivity contribution in [3.63, 3.8) is 0 Å². The molecule has 2 rings (SSSR count).